The Bertz CT molecular complexity index is 1460. The van der Waals surface area contributed by atoms with Crippen molar-refractivity contribution in [2.75, 3.05) is 5.32 Å². The van der Waals surface area contributed by atoms with Crippen LogP contribution in [0.3, 0.4) is 0 Å². The van der Waals surface area contributed by atoms with Crippen LogP contribution in [0.4, 0.5) is 10.2 Å². The third kappa shape index (κ3) is 4.34. The summed E-state index contributed by atoms with van der Waals surface area (Å²) in [5.41, 5.74) is 4.25. The van der Waals surface area contributed by atoms with Gasteiger partial charge >= 0.3 is 0 Å². The van der Waals surface area contributed by atoms with Crippen LogP contribution in [0.15, 0.2) is 85.2 Å². The number of aromatic nitrogens is 4. The Balaban J connectivity index is 1.61. The number of nitrogens with one attached hydrogen (secondary N) is 1. The summed E-state index contributed by atoms with van der Waals surface area (Å²) in [6.45, 7) is 2.26. The Labute approximate surface area is 189 Å². The summed E-state index contributed by atoms with van der Waals surface area (Å²) >= 11 is 0. The number of halogens is 1. The molecule has 6 nitrogen and oxygen atoms in total. The summed E-state index contributed by atoms with van der Waals surface area (Å²) in [6, 6.07) is 21.4. The van der Waals surface area contributed by atoms with E-state index in [9.17, 15) is 9.18 Å². The molecule has 0 fully saturated rings. The van der Waals surface area contributed by atoms with E-state index >= 15 is 0 Å². The number of fused-ring (bicyclic) bond motifs is 1. The fraction of sp³-hybridized carbons (Fsp3) is 0.0769. The lowest BCUT2D eigenvalue weighted by atomic mass is 10.1. The van der Waals surface area contributed by atoms with Gasteiger partial charge in [0.1, 0.15) is 11.6 Å². The highest BCUT2D eigenvalue weighted by Crippen LogP contribution is 2.26. The second-order valence-corrected chi connectivity index (χ2v) is 7.76. The van der Waals surface area contributed by atoms with E-state index in [1.807, 2.05) is 55.5 Å². The zero-order valence-electron chi connectivity index (χ0n) is 17.9. The number of carbonyl (C=O) groups is 1. The fourth-order valence-electron chi connectivity index (χ4n) is 3.70. The van der Waals surface area contributed by atoms with Crippen molar-refractivity contribution >= 4 is 22.8 Å². The molecule has 5 rings (SSSR count). The molecule has 1 N–H and O–H groups in total. The van der Waals surface area contributed by atoms with Crippen molar-refractivity contribution < 1.29 is 9.18 Å². The van der Waals surface area contributed by atoms with E-state index in [-0.39, 0.29) is 11.7 Å². The maximum Gasteiger partial charge on any atom is 0.257 e. The first kappa shape index (κ1) is 20.5. The molecule has 0 aliphatic rings. The van der Waals surface area contributed by atoms with E-state index in [1.54, 1.807) is 29.2 Å². The number of aryl methyl sites for hydroxylation is 1. The van der Waals surface area contributed by atoms with Gasteiger partial charge in [-0.3, -0.25) is 4.79 Å². The highest BCUT2D eigenvalue weighted by molar-refractivity contribution is 6.12. The maximum atomic E-state index is 13.7. The standard InChI is InChI=1S/C26H20FN5O/c1-17-10-11-28-24(12-17)31-26(33)21-14-23(19-7-3-2-4-8-19)30-25-22(21)15-29-32(25)16-18-6-5-9-20(27)13-18/h2-15H,16H2,1H3,(H,28,31,33). The summed E-state index contributed by atoms with van der Waals surface area (Å²) in [5.74, 6) is -0.144. The maximum absolute atomic E-state index is 13.7. The number of nitrogens with zero attached hydrogens (tertiary/aromatic N) is 4. The van der Waals surface area contributed by atoms with Crippen molar-refractivity contribution in [2.24, 2.45) is 0 Å². The Morgan fingerprint density at radius 1 is 1.03 bits per heavy atom. The number of anilines is 1. The molecule has 0 bridgehead atoms. The molecule has 7 heteroatoms. The Hall–Kier alpha value is -4.39. The van der Waals surface area contributed by atoms with Gasteiger partial charge in [0.05, 0.1) is 29.4 Å². The molecule has 0 radical (unpaired) electrons. The normalized spacial score (nSPS) is 11.0. The van der Waals surface area contributed by atoms with Crippen molar-refractivity contribution in [1.29, 1.82) is 0 Å². The minimum absolute atomic E-state index is 0.303. The Morgan fingerprint density at radius 2 is 1.88 bits per heavy atom. The van der Waals surface area contributed by atoms with E-state index < -0.39 is 0 Å². The van der Waals surface area contributed by atoms with Crippen LogP contribution >= 0.6 is 0 Å². The van der Waals surface area contributed by atoms with Crippen LogP contribution in [0, 0.1) is 12.7 Å². The molecule has 0 spiro atoms. The molecule has 1 amide bonds. The van der Waals surface area contributed by atoms with Crippen LogP contribution in [-0.2, 0) is 6.54 Å². The first-order valence-corrected chi connectivity index (χ1v) is 10.5. The topological polar surface area (TPSA) is 72.7 Å². The molecule has 3 heterocycles. The van der Waals surface area contributed by atoms with Crippen LogP contribution in [0.5, 0.6) is 0 Å². The van der Waals surface area contributed by atoms with Gasteiger partial charge in [-0.2, -0.15) is 5.10 Å². The number of rotatable bonds is 5. The molecule has 0 saturated heterocycles. The first-order valence-electron chi connectivity index (χ1n) is 10.5. The summed E-state index contributed by atoms with van der Waals surface area (Å²) in [5, 5.41) is 7.93. The van der Waals surface area contributed by atoms with Gasteiger partial charge in [-0.15, -0.1) is 0 Å². The molecule has 33 heavy (non-hydrogen) atoms. The number of benzene rings is 2. The molecule has 2 aromatic carbocycles. The van der Waals surface area contributed by atoms with Gasteiger partial charge in [0, 0.05) is 11.8 Å². The van der Waals surface area contributed by atoms with Gasteiger partial charge < -0.3 is 5.32 Å². The number of amides is 1. The van der Waals surface area contributed by atoms with Crippen LogP contribution in [0.25, 0.3) is 22.3 Å². The summed E-state index contributed by atoms with van der Waals surface area (Å²) in [4.78, 5) is 22.3. The molecule has 0 saturated carbocycles. The average Bonchev–Trinajstić information content (AvgIpc) is 3.21. The van der Waals surface area contributed by atoms with Gasteiger partial charge in [-0.1, -0.05) is 42.5 Å². The van der Waals surface area contributed by atoms with Crippen LogP contribution in [0.1, 0.15) is 21.5 Å². The Morgan fingerprint density at radius 3 is 2.67 bits per heavy atom. The zero-order chi connectivity index (χ0) is 22.8. The summed E-state index contributed by atoms with van der Waals surface area (Å²) in [7, 11) is 0. The molecular weight excluding hydrogens is 417 g/mol. The predicted molar refractivity (Wildman–Crippen MR) is 125 cm³/mol. The molecule has 0 atom stereocenters. The zero-order valence-corrected chi connectivity index (χ0v) is 17.9. The third-order valence-electron chi connectivity index (χ3n) is 5.30. The highest BCUT2D eigenvalue weighted by Gasteiger charge is 2.18. The van der Waals surface area contributed by atoms with E-state index in [4.69, 9.17) is 4.98 Å². The van der Waals surface area contributed by atoms with E-state index in [0.29, 0.717) is 34.7 Å². The second kappa shape index (κ2) is 8.63. The van der Waals surface area contributed by atoms with Crippen molar-refractivity contribution in [3.63, 3.8) is 0 Å². The van der Waals surface area contributed by atoms with Crippen LogP contribution in [0.2, 0.25) is 0 Å². The third-order valence-corrected chi connectivity index (χ3v) is 5.30. The molecule has 5 aromatic rings. The van der Waals surface area contributed by atoms with E-state index in [0.717, 1.165) is 16.7 Å². The predicted octanol–water partition coefficient (Wildman–Crippen LogP) is 5.24. The van der Waals surface area contributed by atoms with Crippen molar-refractivity contribution in [1.82, 2.24) is 19.7 Å². The lowest BCUT2D eigenvalue weighted by Crippen LogP contribution is -2.14. The lowest BCUT2D eigenvalue weighted by Gasteiger charge is -2.10. The smallest absolute Gasteiger partial charge is 0.257 e. The largest absolute Gasteiger partial charge is 0.307 e. The van der Waals surface area contributed by atoms with Crippen molar-refractivity contribution in [3.05, 3.63) is 108 Å². The van der Waals surface area contributed by atoms with Crippen molar-refractivity contribution in [3.8, 4) is 11.3 Å². The highest BCUT2D eigenvalue weighted by atomic mass is 19.1. The van der Waals surface area contributed by atoms with Crippen LogP contribution < -0.4 is 5.32 Å². The van der Waals surface area contributed by atoms with Gasteiger partial charge in [-0.05, 0) is 48.4 Å². The quantitative estimate of drug-likeness (QED) is 0.408. The minimum Gasteiger partial charge on any atom is -0.307 e. The van der Waals surface area contributed by atoms with Crippen molar-refractivity contribution in [2.45, 2.75) is 13.5 Å². The van der Waals surface area contributed by atoms with Gasteiger partial charge in [-0.25, -0.2) is 19.0 Å². The SMILES string of the molecule is Cc1ccnc(NC(=O)c2cc(-c3ccccc3)nc3c2cnn3Cc2cccc(F)c2)c1. The fourth-order valence-corrected chi connectivity index (χ4v) is 3.70. The van der Waals surface area contributed by atoms with Gasteiger partial charge in [0.2, 0.25) is 0 Å². The van der Waals surface area contributed by atoms with E-state index in [1.165, 1.54) is 12.1 Å². The molecule has 3 aromatic heterocycles. The number of pyridine rings is 2. The molecule has 0 unspecified atom stereocenters. The summed E-state index contributed by atoms with van der Waals surface area (Å²) in [6.07, 6.45) is 3.27. The molecule has 0 aliphatic heterocycles. The average molecular weight is 437 g/mol. The second-order valence-electron chi connectivity index (χ2n) is 7.76. The number of hydrogen-bond donors (Lipinski definition) is 1. The number of hydrogen-bond acceptors (Lipinski definition) is 4. The van der Waals surface area contributed by atoms with Gasteiger partial charge in [0.25, 0.3) is 5.91 Å². The Kier molecular flexibility index (Phi) is 5.36. The molecular formula is C26H20FN5O. The molecule has 0 aliphatic carbocycles. The monoisotopic (exact) mass is 437 g/mol. The lowest BCUT2D eigenvalue weighted by molar-refractivity contribution is 0.102. The van der Waals surface area contributed by atoms with Crippen LogP contribution in [-0.4, -0.2) is 25.7 Å². The summed E-state index contributed by atoms with van der Waals surface area (Å²) < 4.78 is 15.4. The van der Waals surface area contributed by atoms with E-state index in [2.05, 4.69) is 15.4 Å². The first-order chi connectivity index (χ1) is 16.1. The molecule has 162 valence electrons. The minimum atomic E-state index is -0.312. The van der Waals surface area contributed by atoms with Gasteiger partial charge in [0.15, 0.2) is 5.65 Å². The number of carbonyl (C=O) groups excluding carboxylic acids is 1.